The van der Waals surface area contributed by atoms with Crippen molar-refractivity contribution in [3.63, 3.8) is 0 Å². The maximum atomic E-state index is 4.77. The molecule has 0 radical (unpaired) electrons. The fourth-order valence-electron chi connectivity index (χ4n) is 0.167. The summed E-state index contributed by atoms with van der Waals surface area (Å²) >= 11 is 0.315. The second-order valence-corrected chi connectivity index (χ2v) is 2.43. The standard InChI is InChI=1S/C2H5.CH3O.Al.H/c2*1-2;;/h1H2,2H3;1H3;;/q;-1;+2;-1. The predicted octanol–water partition coefficient (Wildman–Crippen LogP) is 0.803. The normalized spacial score (nSPS) is 6.80. The van der Waals surface area contributed by atoms with Crippen LogP contribution in [0.2, 0.25) is 5.28 Å². The van der Waals surface area contributed by atoms with E-state index in [4.69, 9.17) is 3.79 Å². The van der Waals surface area contributed by atoms with E-state index in [9.17, 15) is 0 Å². The Balaban J connectivity index is 0. The topological polar surface area (TPSA) is 9.23 Å². The van der Waals surface area contributed by atoms with Crippen molar-refractivity contribution in [2.75, 3.05) is 7.11 Å². The van der Waals surface area contributed by atoms with Crippen LogP contribution in [0.25, 0.3) is 0 Å². The Hall–Kier alpha value is 0.492. The van der Waals surface area contributed by atoms with Gasteiger partial charge in [-0.3, -0.25) is 0 Å². The van der Waals surface area contributed by atoms with Crippen molar-refractivity contribution in [3.05, 3.63) is 0 Å². The van der Waals surface area contributed by atoms with Crippen LogP contribution in [0.4, 0.5) is 0 Å². The van der Waals surface area contributed by atoms with Crippen LogP contribution < -0.4 is 0 Å². The average molecular weight is 88.1 g/mol. The molecule has 0 N–H and O–H groups in total. The van der Waals surface area contributed by atoms with Crippen LogP contribution in [-0.4, -0.2) is 22.7 Å². The molecule has 0 aliphatic heterocycles. The smallest absolute Gasteiger partial charge is 1.00 e. The van der Waals surface area contributed by atoms with Crippen LogP contribution >= 0.6 is 0 Å². The van der Waals surface area contributed by atoms with Gasteiger partial charge in [0.15, 0.2) is 0 Å². The van der Waals surface area contributed by atoms with Crippen molar-refractivity contribution in [2.45, 2.75) is 12.2 Å². The zero-order chi connectivity index (χ0) is 4.12. The van der Waals surface area contributed by atoms with E-state index >= 15 is 0 Å². The summed E-state index contributed by atoms with van der Waals surface area (Å²) in [4.78, 5) is 0. The largest absolute Gasteiger partial charge is 1.00 e. The third-order valence-electron chi connectivity index (χ3n) is 0.333. The quantitative estimate of drug-likeness (QED) is 0.454. The SMILES string of the molecule is C[CH2][Al+][O]C.[H-]. The molecule has 0 amide bonds. The molecular formula is C3H9AlO. The Morgan fingerprint density at radius 1 is 2.00 bits per heavy atom. The molecule has 30 valence electrons. The monoisotopic (exact) mass is 88.0 g/mol. The minimum atomic E-state index is 0. The van der Waals surface area contributed by atoms with E-state index in [1.807, 2.05) is 0 Å². The summed E-state index contributed by atoms with van der Waals surface area (Å²) in [6, 6.07) is 0. The van der Waals surface area contributed by atoms with Crippen molar-refractivity contribution in [1.82, 2.24) is 0 Å². The molecule has 0 fully saturated rings. The molecule has 0 saturated carbocycles. The summed E-state index contributed by atoms with van der Waals surface area (Å²) < 4.78 is 4.77. The second kappa shape index (κ2) is 4.49. The molecule has 0 aromatic rings. The van der Waals surface area contributed by atoms with Crippen LogP contribution in [0, 0.1) is 0 Å². The molecule has 0 aliphatic rings. The molecular weight excluding hydrogens is 79.0 g/mol. The van der Waals surface area contributed by atoms with E-state index in [0.29, 0.717) is 15.6 Å². The summed E-state index contributed by atoms with van der Waals surface area (Å²) in [6.45, 7) is 2.12. The minimum absolute atomic E-state index is 0. The van der Waals surface area contributed by atoms with Crippen LogP contribution in [0.1, 0.15) is 8.35 Å². The van der Waals surface area contributed by atoms with E-state index in [0.717, 1.165) is 0 Å². The molecule has 0 aromatic carbocycles. The molecule has 5 heavy (non-hydrogen) atoms. The van der Waals surface area contributed by atoms with Gasteiger partial charge >= 0.3 is 38.7 Å². The Kier molecular flexibility index (Phi) is 4.93. The summed E-state index contributed by atoms with van der Waals surface area (Å²) in [6.07, 6.45) is 0. The van der Waals surface area contributed by atoms with E-state index in [1.54, 1.807) is 7.11 Å². The Morgan fingerprint density at radius 2 is 2.60 bits per heavy atom. The molecule has 0 unspecified atom stereocenters. The van der Waals surface area contributed by atoms with Crippen molar-refractivity contribution in [3.8, 4) is 0 Å². The number of hydrogen-bond donors (Lipinski definition) is 0. The Bertz CT molecular complexity index is 18.3. The first kappa shape index (κ1) is 5.49. The number of hydrogen-bond acceptors (Lipinski definition) is 1. The molecule has 0 saturated heterocycles. The molecule has 0 spiro atoms. The zero-order valence-electron chi connectivity index (χ0n) is 4.69. The van der Waals surface area contributed by atoms with E-state index < -0.39 is 0 Å². The second-order valence-electron chi connectivity index (χ2n) is 0.811. The van der Waals surface area contributed by atoms with Crippen LogP contribution in [0.5, 0.6) is 0 Å². The van der Waals surface area contributed by atoms with Gasteiger partial charge in [-0.1, -0.05) is 0 Å². The fourth-order valence-corrected chi connectivity index (χ4v) is 0.500. The van der Waals surface area contributed by atoms with Crippen LogP contribution in [-0.2, 0) is 3.79 Å². The predicted molar refractivity (Wildman–Crippen MR) is 24.4 cm³/mol. The fraction of sp³-hybridized carbons (Fsp3) is 1.00. The van der Waals surface area contributed by atoms with Gasteiger partial charge in [-0.2, -0.15) is 0 Å². The third-order valence-corrected chi connectivity index (χ3v) is 1.00. The summed E-state index contributed by atoms with van der Waals surface area (Å²) in [5.74, 6) is 0. The summed E-state index contributed by atoms with van der Waals surface area (Å²) in [5.41, 5.74) is 0. The zero-order valence-corrected chi connectivity index (χ0v) is 4.85. The van der Waals surface area contributed by atoms with E-state index in [2.05, 4.69) is 6.92 Å². The van der Waals surface area contributed by atoms with E-state index in [-0.39, 0.29) is 1.43 Å². The van der Waals surface area contributed by atoms with Crippen LogP contribution in [0.15, 0.2) is 0 Å². The maximum Gasteiger partial charge on any atom is -1.00 e. The van der Waals surface area contributed by atoms with E-state index in [1.165, 1.54) is 5.28 Å². The first-order valence-corrected chi connectivity index (χ1v) is 3.05. The first-order valence-electron chi connectivity index (χ1n) is 1.76. The van der Waals surface area contributed by atoms with Gasteiger partial charge in [-0.15, -0.1) is 0 Å². The molecule has 0 bridgehead atoms. The van der Waals surface area contributed by atoms with Crippen molar-refractivity contribution in [1.29, 1.82) is 0 Å². The summed E-state index contributed by atoms with van der Waals surface area (Å²) in [5, 5.41) is 1.20. The molecule has 0 aromatic heterocycles. The molecule has 1 nitrogen and oxygen atoms in total. The first-order chi connectivity index (χ1) is 2.41. The van der Waals surface area contributed by atoms with Gasteiger partial charge in [0, 0.05) is 0 Å². The molecule has 2 heteroatoms. The summed E-state index contributed by atoms with van der Waals surface area (Å²) in [7, 11) is 1.75. The van der Waals surface area contributed by atoms with Gasteiger partial charge in [0.05, 0.1) is 0 Å². The van der Waals surface area contributed by atoms with Gasteiger partial charge in [-0.25, -0.2) is 0 Å². The minimum Gasteiger partial charge on any atom is -1.00 e. The van der Waals surface area contributed by atoms with Crippen LogP contribution in [0.3, 0.4) is 0 Å². The molecule has 0 aliphatic carbocycles. The number of rotatable bonds is 2. The Morgan fingerprint density at radius 3 is 2.60 bits per heavy atom. The molecule has 0 atom stereocenters. The van der Waals surface area contributed by atoms with Gasteiger partial charge in [0.25, 0.3) is 0 Å². The maximum absolute atomic E-state index is 4.77. The molecule has 0 heterocycles. The van der Waals surface area contributed by atoms with Gasteiger partial charge in [-0.05, 0) is 0 Å². The van der Waals surface area contributed by atoms with Gasteiger partial charge in [0.2, 0.25) is 0 Å². The third kappa shape index (κ3) is 4.49. The van der Waals surface area contributed by atoms with Crippen molar-refractivity contribution < 1.29 is 5.22 Å². The van der Waals surface area contributed by atoms with Crippen molar-refractivity contribution in [2.24, 2.45) is 0 Å². The van der Waals surface area contributed by atoms with Crippen molar-refractivity contribution >= 4 is 15.6 Å². The van der Waals surface area contributed by atoms with Gasteiger partial charge < -0.3 is 1.43 Å². The van der Waals surface area contributed by atoms with Gasteiger partial charge in [0.1, 0.15) is 0 Å². The average Bonchev–Trinajstić information content (AvgIpc) is 1.41. The Labute approximate surface area is 40.9 Å². The molecule has 0 rings (SSSR count).